The lowest BCUT2D eigenvalue weighted by atomic mass is 10.1. The SMILES string of the molecule is O=C(Cc1cccc(C(F)(F)F)c1)Nc1ccc(N2CCCC2=O)cc1. The van der Waals surface area contributed by atoms with E-state index in [1.165, 1.54) is 12.1 Å². The number of hydrogen-bond acceptors (Lipinski definition) is 2. The predicted molar refractivity (Wildman–Crippen MR) is 91.8 cm³/mol. The Morgan fingerprint density at radius 3 is 2.46 bits per heavy atom. The number of benzene rings is 2. The summed E-state index contributed by atoms with van der Waals surface area (Å²) in [5.41, 5.74) is 0.805. The van der Waals surface area contributed by atoms with Gasteiger partial charge in [0.15, 0.2) is 0 Å². The molecular weight excluding hydrogens is 345 g/mol. The molecule has 0 aliphatic carbocycles. The Bertz CT molecular complexity index is 816. The van der Waals surface area contributed by atoms with Crippen molar-refractivity contribution in [2.24, 2.45) is 0 Å². The van der Waals surface area contributed by atoms with Gasteiger partial charge in [0.05, 0.1) is 12.0 Å². The monoisotopic (exact) mass is 362 g/mol. The van der Waals surface area contributed by atoms with Crippen LogP contribution in [0.3, 0.4) is 0 Å². The highest BCUT2D eigenvalue weighted by Gasteiger charge is 2.30. The third kappa shape index (κ3) is 4.22. The van der Waals surface area contributed by atoms with Gasteiger partial charge in [-0.3, -0.25) is 9.59 Å². The number of halogens is 3. The molecular formula is C19H17F3N2O2. The molecule has 0 atom stereocenters. The number of carbonyl (C=O) groups is 2. The number of amides is 2. The molecule has 4 nitrogen and oxygen atoms in total. The molecule has 0 unspecified atom stereocenters. The summed E-state index contributed by atoms with van der Waals surface area (Å²) in [6, 6.07) is 11.5. The van der Waals surface area contributed by atoms with Crippen LogP contribution < -0.4 is 10.2 Å². The maximum atomic E-state index is 12.7. The summed E-state index contributed by atoms with van der Waals surface area (Å²) in [7, 11) is 0. The molecule has 1 N–H and O–H groups in total. The van der Waals surface area contributed by atoms with Crippen LogP contribution in [0.2, 0.25) is 0 Å². The van der Waals surface area contributed by atoms with E-state index in [-0.39, 0.29) is 17.9 Å². The maximum Gasteiger partial charge on any atom is 0.416 e. The van der Waals surface area contributed by atoms with E-state index in [4.69, 9.17) is 0 Å². The highest BCUT2D eigenvalue weighted by atomic mass is 19.4. The molecule has 1 heterocycles. The number of rotatable bonds is 4. The Morgan fingerprint density at radius 1 is 1.12 bits per heavy atom. The van der Waals surface area contributed by atoms with Crippen molar-refractivity contribution in [3.63, 3.8) is 0 Å². The van der Waals surface area contributed by atoms with Crippen molar-refractivity contribution in [1.82, 2.24) is 0 Å². The van der Waals surface area contributed by atoms with Gasteiger partial charge >= 0.3 is 6.18 Å². The molecule has 1 aliphatic heterocycles. The zero-order valence-electron chi connectivity index (χ0n) is 13.8. The zero-order chi connectivity index (χ0) is 18.7. The second-order valence-corrected chi connectivity index (χ2v) is 6.12. The van der Waals surface area contributed by atoms with E-state index < -0.39 is 17.6 Å². The normalized spacial score (nSPS) is 14.6. The molecule has 1 saturated heterocycles. The minimum atomic E-state index is -4.44. The topological polar surface area (TPSA) is 49.4 Å². The third-order valence-electron chi connectivity index (χ3n) is 4.16. The molecule has 26 heavy (non-hydrogen) atoms. The van der Waals surface area contributed by atoms with Crippen LogP contribution in [0.1, 0.15) is 24.0 Å². The highest BCUT2D eigenvalue weighted by molar-refractivity contribution is 5.96. The van der Waals surface area contributed by atoms with Crippen LogP contribution in [-0.2, 0) is 22.2 Å². The lowest BCUT2D eigenvalue weighted by Crippen LogP contribution is -2.23. The van der Waals surface area contributed by atoms with Gasteiger partial charge in [0.1, 0.15) is 0 Å². The zero-order valence-corrected chi connectivity index (χ0v) is 13.8. The molecule has 1 fully saturated rings. The Balaban J connectivity index is 1.62. The molecule has 0 aromatic heterocycles. The summed E-state index contributed by atoms with van der Waals surface area (Å²) in [5, 5.41) is 2.65. The first kappa shape index (κ1) is 18.0. The van der Waals surface area contributed by atoms with Crippen molar-refractivity contribution >= 4 is 23.2 Å². The smallest absolute Gasteiger partial charge is 0.326 e. The number of carbonyl (C=O) groups excluding carboxylic acids is 2. The van der Waals surface area contributed by atoms with Crippen molar-refractivity contribution < 1.29 is 22.8 Å². The van der Waals surface area contributed by atoms with Crippen LogP contribution >= 0.6 is 0 Å². The van der Waals surface area contributed by atoms with Gasteiger partial charge < -0.3 is 10.2 Å². The fourth-order valence-electron chi connectivity index (χ4n) is 2.89. The van der Waals surface area contributed by atoms with Gasteiger partial charge in [0.25, 0.3) is 0 Å². The van der Waals surface area contributed by atoms with E-state index in [9.17, 15) is 22.8 Å². The second kappa shape index (κ2) is 7.19. The fourth-order valence-corrected chi connectivity index (χ4v) is 2.89. The number of alkyl halides is 3. The molecule has 2 amide bonds. The van der Waals surface area contributed by atoms with Gasteiger partial charge in [-0.2, -0.15) is 13.2 Å². The summed E-state index contributed by atoms with van der Waals surface area (Å²) in [6.45, 7) is 0.681. The van der Waals surface area contributed by atoms with E-state index >= 15 is 0 Å². The van der Waals surface area contributed by atoms with Gasteiger partial charge in [-0.05, 0) is 42.3 Å². The summed E-state index contributed by atoms with van der Waals surface area (Å²) < 4.78 is 38.2. The van der Waals surface area contributed by atoms with E-state index in [1.54, 1.807) is 29.2 Å². The van der Waals surface area contributed by atoms with Crippen LogP contribution in [-0.4, -0.2) is 18.4 Å². The summed E-state index contributed by atoms with van der Waals surface area (Å²) in [5.74, 6) is -0.333. The Morgan fingerprint density at radius 2 is 1.85 bits per heavy atom. The molecule has 1 aliphatic rings. The molecule has 2 aromatic carbocycles. The Hall–Kier alpha value is -2.83. The van der Waals surface area contributed by atoms with Gasteiger partial charge in [-0.15, -0.1) is 0 Å². The number of nitrogens with zero attached hydrogens (tertiary/aromatic N) is 1. The Labute approximate surface area is 148 Å². The molecule has 7 heteroatoms. The largest absolute Gasteiger partial charge is 0.416 e. The van der Waals surface area contributed by atoms with Crippen LogP contribution in [0.5, 0.6) is 0 Å². The molecule has 0 spiro atoms. The van der Waals surface area contributed by atoms with Gasteiger partial charge in [0.2, 0.25) is 11.8 Å². The lowest BCUT2D eigenvalue weighted by Gasteiger charge is -2.16. The van der Waals surface area contributed by atoms with Gasteiger partial charge in [-0.25, -0.2) is 0 Å². The first-order chi connectivity index (χ1) is 12.3. The van der Waals surface area contributed by atoms with E-state index in [0.29, 0.717) is 18.7 Å². The van der Waals surface area contributed by atoms with Crippen molar-refractivity contribution in [3.8, 4) is 0 Å². The van der Waals surface area contributed by atoms with Crippen LogP contribution in [0.4, 0.5) is 24.5 Å². The molecule has 0 radical (unpaired) electrons. The molecule has 0 bridgehead atoms. The van der Waals surface area contributed by atoms with Crippen molar-refractivity contribution in [2.75, 3.05) is 16.8 Å². The quantitative estimate of drug-likeness (QED) is 0.893. The van der Waals surface area contributed by atoms with Gasteiger partial charge in [0, 0.05) is 24.3 Å². The van der Waals surface area contributed by atoms with Crippen molar-refractivity contribution in [1.29, 1.82) is 0 Å². The average molecular weight is 362 g/mol. The number of hydrogen-bond donors (Lipinski definition) is 1. The third-order valence-corrected chi connectivity index (χ3v) is 4.16. The van der Waals surface area contributed by atoms with Crippen molar-refractivity contribution in [3.05, 3.63) is 59.7 Å². The minimum absolute atomic E-state index is 0.0753. The van der Waals surface area contributed by atoms with Crippen molar-refractivity contribution in [2.45, 2.75) is 25.4 Å². The lowest BCUT2D eigenvalue weighted by molar-refractivity contribution is -0.137. The molecule has 0 saturated carbocycles. The molecule has 136 valence electrons. The average Bonchev–Trinajstić information content (AvgIpc) is 3.01. The van der Waals surface area contributed by atoms with Crippen LogP contribution in [0.25, 0.3) is 0 Å². The van der Waals surface area contributed by atoms with E-state index in [2.05, 4.69) is 5.32 Å². The number of nitrogens with one attached hydrogen (secondary N) is 1. The molecule has 2 aromatic rings. The summed E-state index contributed by atoms with van der Waals surface area (Å²) >= 11 is 0. The van der Waals surface area contributed by atoms with Gasteiger partial charge in [-0.1, -0.05) is 18.2 Å². The molecule has 3 rings (SSSR count). The second-order valence-electron chi connectivity index (χ2n) is 6.12. The standard InChI is InChI=1S/C19H17F3N2O2/c20-19(21,22)14-4-1-3-13(11-14)12-17(25)23-15-6-8-16(9-7-15)24-10-2-5-18(24)26/h1,3-4,6-9,11H,2,5,10,12H2,(H,23,25). The fraction of sp³-hybridized carbons (Fsp3) is 0.263. The first-order valence-corrected chi connectivity index (χ1v) is 8.19. The maximum absolute atomic E-state index is 12.7. The summed E-state index contributed by atoms with van der Waals surface area (Å²) in [4.78, 5) is 25.5. The van der Waals surface area contributed by atoms with E-state index in [0.717, 1.165) is 24.2 Å². The van der Waals surface area contributed by atoms with E-state index in [1.807, 2.05) is 0 Å². The summed E-state index contributed by atoms with van der Waals surface area (Å²) in [6.07, 6.45) is -3.23. The van der Waals surface area contributed by atoms with Crippen LogP contribution in [0, 0.1) is 0 Å². The number of anilines is 2. The highest BCUT2D eigenvalue weighted by Crippen LogP contribution is 2.29. The first-order valence-electron chi connectivity index (χ1n) is 8.19. The van der Waals surface area contributed by atoms with Crippen LogP contribution in [0.15, 0.2) is 48.5 Å². The predicted octanol–water partition coefficient (Wildman–Crippen LogP) is 4.01. The Kier molecular flexibility index (Phi) is 4.97. The minimum Gasteiger partial charge on any atom is -0.326 e.